The van der Waals surface area contributed by atoms with E-state index in [2.05, 4.69) is 10.3 Å². The molecule has 3 aromatic rings. The zero-order valence-corrected chi connectivity index (χ0v) is 19.2. The van der Waals surface area contributed by atoms with E-state index in [1.165, 1.54) is 46.8 Å². The number of aromatic nitrogens is 1. The lowest BCUT2D eigenvalue weighted by atomic mass is 10.1. The fourth-order valence-corrected chi connectivity index (χ4v) is 4.87. The maximum Gasteiger partial charge on any atom is 0.252 e. The minimum Gasteiger partial charge on any atom is -0.494 e. The highest BCUT2D eigenvalue weighted by atomic mass is 32.2. The van der Waals surface area contributed by atoms with Crippen LogP contribution in [0.2, 0.25) is 0 Å². The maximum absolute atomic E-state index is 12.9. The molecule has 0 saturated carbocycles. The summed E-state index contributed by atoms with van der Waals surface area (Å²) in [6, 6.07) is 11.1. The van der Waals surface area contributed by atoms with Gasteiger partial charge in [0.2, 0.25) is 15.6 Å². The van der Waals surface area contributed by atoms with E-state index in [9.17, 15) is 22.4 Å². The number of nitrogens with zero attached hydrogens (tertiary/aromatic N) is 1. The average molecular weight is 476 g/mol. The smallest absolute Gasteiger partial charge is 0.252 e. The van der Waals surface area contributed by atoms with E-state index in [4.69, 9.17) is 4.74 Å². The Bertz CT molecular complexity index is 1290. The number of fused-ring (bicyclic) bond motifs is 1. The van der Waals surface area contributed by atoms with Crippen LogP contribution in [-0.4, -0.2) is 49.9 Å². The molecular formula is C23H26FN3O5S. The molecule has 1 amide bonds. The number of H-pyrrole nitrogens is 1. The van der Waals surface area contributed by atoms with E-state index < -0.39 is 21.5 Å². The Balaban J connectivity index is 1.74. The predicted octanol–water partition coefficient (Wildman–Crippen LogP) is 2.90. The van der Waals surface area contributed by atoms with Crippen molar-refractivity contribution in [3.8, 4) is 5.75 Å². The fourth-order valence-electron chi connectivity index (χ4n) is 3.38. The van der Waals surface area contributed by atoms with Gasteiger partial charge in [0.15, 0.2) is 0 Å². The van der Waals surface area contributed by atoms with Gasteiger partial charge in [-0.05, 0) is 48.9 Å². The molecule has 0 bridgehead atoms. The largest absolute Gasteiger partial charge is 0.494 e. The molecule has 3 rings (SSSR count). The summed E-state index contributed by atoms with van der Waals surface area (Å²) in [5.41, 5.74) is -0.0118. The lowest BCUT2D eigenvalue weighted by molar-refractivity contribution is 0.0953. The van der Waals surface area contributed by atoms with E-state index in [1.54, 1.807) is 13.8 Å². The number of ether oxygens (including phenoxy) is 1. The second-order valence-electron chi connectivity index (χ2n) is 7.26. The minimum atomic E-state index is -3.73. The Morgan fingerprint density at radius 1 is 1.09 bits per heavy atom. The number of rotatable bonds is 10. The molecule has 0 atom stereocenters. The molecule has 0 saturated heterocycles. The number of aromatic amines is 1. The van der Waals surface area contributed by atoms with Crippen LogP contribution in [0.5, 0.6) is 5.75 Å². The van der Waals surface area contributed by atoms with Crippen LogP contribution >= 0.6 is 0 Å². The Kier molecular flexibility index (Phi) is 7.83. The molecule has 0 fully saturated rings. The molecule has 0 radical (unpaired) electrons. The van der Waals surface area contributed by atoms with Crippen molar-refractivity contribution in [2.75, 3.05) is 26.2 Å². The number of halogens is 1. The first kappa shape index (κ1) is 24.4. The molecular weight excluding hydrogens is 449 g/mol. The molecule has 0 aliphatic heterocycles. The minimum absolute atomic E-state index is 0.0486. The Hall–Kier alpha value is -3.24. The van der Waals surface area contributed by atoms with Crippen LogP contribution in [0.4, 0.5) is 4.39 Å². The summed E-state index contributed by atoms with van der Waals surface area (Å²) in [7, 11) is -3.73. The van der Waals surface area contributed by atoms with Gasteiger partial charge >= 0.3 is 0 Å². The third kappa shape index (κ3) is 5.77. The van der Waals surface area contributed by atoms with Crippen LogP contribution in [0, 0.1) is 5.82 Å². The highest BCUT2D eigenvalue weighted by Gasteiger charge is 2.23. The number of hydrogen-bond donors (Lipinski definition) is 2. The quantitative estimate of drug-likeness (QED) is 0.439. The van der Waals surface area contributed by atoms with Crippen molar-refractivity contribution in [3.63, 3.8) is 0 Å². The van der Waals surface area contributed by atoms with Crippen molar-refractivity contribution in [1.29, 1.82) is 0 Å². The van der Waals surface area contributed by atoms with Crippen molar-refractivity contribution in [3.05, 3.63) is 70.3 Å². The van der Waals surface area contributed by atoms with Crippen molar-refractivity contribution in [2.24, 2.45) is 0 Å². The van der Waals surface area contributed by atoms with Crippen LogP contribution < -0.4 is 15.6 Å². The molecule has 1 aromatic heterocycles. The van der Waals surface area contributed by atoms with Gasteiger partial charge in [0.1, 0.15) is 11.6 Å². The SMILES string of the molecule is CCN(CC)S(=O)(=O)c1ccc2[nH]c(=O)cc(C(=O)NCCCOc3ccc(F)cc3)c2c1. The molecule has 0 unspecified atom stereocenters. The summed E-state index contributed by atoms with van der Waals surface area (Å²) in [6.45, 7) is 4.70. The van der Waals surface area contributed by atoms with Gasteiger partial charge in [0.25, 0.3) is 5.91 Å². The normalized spacial score (nSPS) is 11.6. The van der Waals surface area contributed by atoms with Gasteiger partial charge in [-0.15, -0.1) is 0 Å². The number of amides is 1. The predicted molar refractivity (Wildman–Crippen MR) is 124 cm³/mol. The Morgan fingerprint density at radius 3 is 2.45 bits per heavy atom. The molecule has 0 aliphatic rings. The van der Waals surface area contributed by atoms with Gasteiger partial charge in [-0.3, -0.25) is 9.59 Å². The summed E-state index contributed by atoms with van der Waals surface area (Å²) in [4.78, 5) is 27.5. The highest BCUT2D eigenvalue weighted by molar-refractivity contribution is 7.89. The summed E-state index contributed by atoms with van der Waals surface area (Å²) in [6.07, 6.45) is 0.478. The average Bonchev–Trinajstić information content (AvgIpc) is 2.79. The van der Waals surface area contributed by atoms with Gasteiger partial charge in [0.05, 0.1) is 17.1 Å². The molecule has 8 nitrogen and oxygen atoms in total. The van der Waals surface area contributed by atoms with Crippen molar-refractivity contribution in [1.82, 2.24) is 14.6 Å². The van der Waals surface area contributed by atoms with Crippen LogP contribution in [0.3, 0.4) is 0 Å². The maximum atomic E-state index is 12.9. The van der Waals surface area contributed by atoms with Crippen LogP contribution in [0.15, 0.2) is 58.2 Å². The topological polar surface area (TPSA) is 109 Å². The van der Waals surface area contributed by atoms with E-state index in [0.29, 0.717) is 42.8 Å². The van der Waals surface area contributed by atoms with Crippen molar-refractivity contribution < 1.29 is 22.3 Å². The number of carbonyl (C=O) groups excluding carboxylic acids is 1. The second-order valence-corrected chi connectivity index (χ2v) is 9.19. The monoisotopic (exact) mass is 475 g/mol. The molecule has 2 N–H and O–H groups in total. The van der Waals surface area contributed by atoms with E-state index in [0.717, 1.165) is 6.07 Å². The van der Waals surface area contributed by atoms with Gasteiger partial charge in [0, 0.05) is 36.6 Å². The third-order valence-electron chi connectivity index (χ3n) is 5.09. The molecule has 10 heteroatoms. The van der Waals surface area contributed by atoms with Crippen LogP contribution in [0.1, 0.15) is 30.6 Å². The highest BCUT2D eigenvalue weighted by Crippen LogP contribution is 2.23. The first-order valence-electron chi connectivity index (χ1n) is 10.6. The Morgan fingerprint density at radius 2 is 1.79 bits per heavy atom. The summed E-state index contributed by atoms with van der Waals surface area (Å²) < 4.78 is 45.5. The van der Waals surface area contributed by atoms with E-state index >= 15 is 0 Å². The van der Waals surface area contributed by atoms with Crippen LogP contribution in [0.25, 0.3) is 10.9 Å². The molecule has 0 aliphatic carbocycles. The molecule has 2 aromatic carbocycles. The van der Waals surface area contributed by atoms with Crippen molar-refractivity contribution >= 4 is 26.8 Å². The summed E-state index contributed by atoms with van der Waals surface area (Å²) in [5, 5.41) is 3.06. The van der Waals surface area contributed by atoms with E-state index in [-0.39, 0.29) is 22.8 Å². The lowest BCUT2D eigenvalue weighted by Crippen LogP contribution is -2.30. The first-order chi connectivity index (χ1) is 15.8. The van der Waals surface area contributed by atoms with Gasteiger partial charge < -0.3 is 15.0 Å². The van der Waals surface area contributed by atoms with E-state index in [1.807, 2.05) is 0 Å². The van der Waals surface area contributed by atoms with Gasteiger partial charge in [-0.1, -0.05) is 13.8 Å². The number of nitrogens with one attached hydrogen (secondary N) is 2. The van der Waals surface area contributed by atoms with Gasteiger partial charge in [-0.25, -0.2) is 12.8 Å². The van der Waals surface area contributed by atoms with Crippen molar-refractivity contribution in [2.45, 2.75) is 25.2 Å². The number of carbonyl (C=O) groups is 1. The molecule has 33 heavy (non-hydrogen) atoms. The number of sulfonamides is 1. The number of hydrogen-bond acceptors (Lipinski definition) is 5. The first-order valence-corrected chi connectivity index (χ1v) is 12.0. The molecule has 0 spiro atoms. The lowest BCUT2D eigenvalue weighted by Gasteiger charge is -2.19. The number of benzene rings is 2. The van der Waals surface area contributed by atoms with Crippen LogP contribution in [-0.2, 0) is 10.0 Å². The molecule has 176 valence electrons. The second kappa shape index (κ2) is 10.6. The number of pyridine rings is 1. The fraction of sp³-hybridized carbons (Fsp3) is 0.304. The summed E-state index contributed by atoms with van der Waals surface area (Å²) in [5.74, 6) is -0.330. The third-order valence-corrected chi connectivity index (χ3v) is 7.14. The summed E-state index contributed by atoms with van der Waals surface area (Å²) >= 11 is 0. The Labute approximate surface area is 191 Å². The zero-order valence-electron chi connectivity index (χ0n) is 18.4. The molecule has 1 heterocycles. The standard InChI is InChI=1S/C23H26FN3O5S/c1-3-27(4-2)33(30,31)18-10-11-21-19(14-18)20(15-22(28)26-21)23(29)25-12-5-13-32-17-8-6-16(24)7-9-17/h6-11,14-15H,3-5,12-13H2,1-2H3,(H,25,29)(H,26,28). The van der Waals surface area contributed by atoms with Gasteiger partial charge in [-0.2, -0.15) is 4.31 Å². The zero-order chi connectivity index (χ0) is 24.0.